The monoisotopic (exact) mass is 264 g/mol. The molecule has 83 valence electrons. The first-order valence-electron chi connectivity index (χ1n) is 3.13. The molecule has 1 radical (unpaired) electrons. The molecule has 0 spiro atoms. The third-order valence-corrected chi connectivity index (χ3v) is 0.629. The summed E-state index contributed by atoms with van der Waals surface area (Å²) in [5.74, 6) is -0.0986. The summed E-state index contributed by atoms with van der Waals surface area (Å²) in [7, 11) is 0. The Labute approximate surface area is 98.0 Å². The zero-order chi connectivity index (χ0) is 10.7. The van der Waals surface area contributed by atoms with E-state index in [2.05, 4.69) is 22.2 Å². The molecule has 0 saturated heterocycles. The summed E-state index contributed by atoms with van der Waals surface area (Å²) >= 11 is 3.70. The van der Waals surface area contributed by atoms with Crippen LogP contribution in [0.15, 0.2) is 9.98 Å². The van der Waals surface area contributed by atoms with Gasteiger partial charge in [-0.3, -0.25) is 4.99 Å². The summed E-state index contributed by atoms with van der Waals surface area (Å²) in [6.07, 6.45) is 0. The Bertz CT molecular complexity index is 216. The number of hydrogen-bond acceptors (Lipinski definition) is 2. The topological polar surface area (TPSA) is 149 Å². The van der Waals surface area contributed by atoms with Crippen molar-refractivity contribution in [1.29, 1.82) is 0 Å². The molecule has 0 unspecified atom stereocenters. The molecule has 0 bridgehead atoms. The van der Waals surface area contributed by atoms with Gasteiger partial charge in [-0.15, -0.1) is 6.54 Å². The Morgan fingerprint density at radius 1 is 1.43 bits per heavy atom. The van der Waals surface area contributed by atoms with E-state index >= 15 is 0 Å². The molecule has 7 N–H and O–H groups in total. The second-order valence-electron chi connectivity index (χ2n) is 1.62. The second kappa shape index (κ2) is 14.5. The Hall–Kier alpha value is -0.981. The number of rotatable bonds is 2. The maximum Gasteiger partial charge on any atom is 2.00 e. The fraction of sp³-hybridized carbons (Fsp3) is 0.400. The quantitative estimate of drug-likeness (QED) is 0.261. The summed E-state index contributed by atoms with van der Waals surface area (Å²) in [6, 6.07) is 0. The van der Waals surface area contributed by atoms with Crippen molar-refractivity contribution < 1.29 is 17.1 Å². The molecule has 0 heterocycles. The van der Waals surface area contributed by atoms with Crippen molar-refractivity contribution in [1.82, 2.24) is 0 Å². The second-order valence-corrected chi connectivity index (χ2v) is 1.80. The van der Waals surface area contributed by atoms with Gasteiger partial charge in [0, 0.05) is 6.54 Å². The molecule has 0 aromatic heterocycles. The maximum atomic E-state index is 7.13. The SMILES string of the molecule is [Cu+2].[N-]=C=S.[NH-]CCN=C(N)N=C(N)N. The number of thiocarbonyl (C=S) groups is 1. The van der Waals surface area contributed by atoms with Gasteiger partial charge in [0.25, 0.3) is 0 Å². The van der Waals surface area contributed by atoms with Crippen LogP contribution in [0, 0.1) is 0 Å². The van der Waals surface area contributed by atoms with E-state index in [4.69, 9.17) is 28.3 Å². The zero-order valence-electron chi connectivity index (χ0n) is 7.20. The van der Waals surface area contributed by atoms with E-state index in [1.807, 2.05) is 0 Å². The molecule has 0 aliphatic rings. The van der Waals surface area contributed by atoms with Gasteiger partial charge in [0.05, 0.1) is 0 Å². The van der Waals surface area contributed by atoms with E-state index in [1.54, 1.807) is 0 Å². The minimum absolute atomic E-state index is 0. The molecular formula is C5H11CuN7S. The third kappa shape index (κ3) is 22.5. The fourth-order valence-corrected chi connectivity index (χ4v) is 0.338. The fourth-order valence-electron chi connectivity index (χ4n) is 0.338. The van der Waals surface area contributed by atoms with E-state index in [0.29, 0.717) is 6.54 Å². The average Bonchev–Trinajstić information content (AvgIpc) is 2.01. The van der Waals surface area contributed by atoms with Crippen molar-refractivity contribution in [2.45, 2.75) is 0 Å². The van der Waals surface area contributed by atoms with Crippen molar-refractivity contribution in [2.75, 3.05) is 13.1 Å². The van der Waals surface area contributed by atoms with Crippen molar-refractivity contribution >= 4 is 29.3 Å². The molecule has 7 nitrogen and oxygen atoms in total. The molecule has 0 atom stereocenters. The Kier molecular flexibility index (Phi) is 19.5. The first kappa shape index (κ1) is 18.7. The Morgan fingerprint density at radius 2 is 1.86 bits per heavy atom. The summed E-state index contributed by atoms with van der Waals surface area (Å²) in [5, 5.41) is 8.47. The van der Waals surface area contributed by atoms with E-state index in [9.17, 15) is 0 Å². The molecule has 0 fully saturated rings. The Balaban J connectivity index is -0.000000267. The van der Waals surface area contributed by atoms with Gasteiger partial charge in [-0.25, -0.2) is 0 Å². The van der Waals surface area contributed by atoms with Crippen LogP contribution >= 0.6 is 12.2 Å². The zero-order valence-corrected chi connectivity index (χ0v) is 8.96. The van der Waals surface area contributed by atoms with Gasteiger partial charge in [0.2, 0.25) is 5.96 Å². The summed E-state index contributed by atoms with van der Waals surface area (Å²) in [5.41, 5.74) is 21.9. The molecule has 0 aromatic carbocycles. The van der Waals surface area contributed by atoms with Crippen molar-refractivity contribution in [3.05, 3.63) is 11.1 Å². The van der Waals surface area contributed by atoms with Crippen LogP contribution in [-0.4, -0.2) is 30.2 Å². The first-order valence-corrected chi connectivity index (χ1v) is 3.54. The van der Waals surface area contributed by atoms with Crippen molar-refractivity contribution in [2.24, 2.45) is 27.2 Å². The van der Waals surface area contributed by atoms with Crippen LogP contribution in [0.5, 0.6) is 0 Å². The maximum absolute atomic E-state index is 7.13. The molecule has 0 saturated carbocycles. The summed E-state index contributed by atoms with van der Waals surface area (Å²) < 4.78 is 0. The van der Waals surface area contributed by atoms with Gasteiger partial charge in [-0.1, -0.05) is 12.2 Å². The molecule has 0 aromatic rings. The van der Waals surface area contributed by atoms with E-state index in [0.717, 1.165) is 0 Å². The standard InChI is InChI=1S/C4H11N6.CNS.Cu/c5-1-2-9-4(8)10-3(6)7;2-1-3;/h5H,1-2H2,(H6,6,7,8,9,10);;/q2*-1;+2. The molecule has 0 aliphatic carbocycles. The smallest absolute Gasteiger partial charge is 0.753 e. The molecule has 9 heteroatoms. The van der Waals surface area contributed by atoms with Gasteiger partial charge in [-0.2, -0.15) is 10.2 Å². The van der Waals surface area contributed by atoms with Gasteiger partial charge in [0.15, 0.2) is 5.96 Å². The predicted octanol–water partition coefficient (Wildman–Crippen LogP) is -0.717. The molecule has 0 amide bonds. The van der Waals surface area contributed by atoms with Crippen LogP contribution in [0.3, 0.4) is 0 Å². The van der Waals surface area contributed by atoms with Crippen LogP contribution in [0.4, 0.5) is 0 Å². The van der Waals surface area contributed by atoms with Crippen LogP contribution in [-0.2, 0) is 17.1 Å². The van der Waals surface area contributed by atoms with Gasteiger partial charge in [-0.05, 0) is 0 Å². The molecule has 0 aliphatic heterocycles. The van der Waals surface area contributed by atoms with Crippen LogP contribution in [0.25, 0.3) is 11.1 Å². The largest absolute Gasteiger partial charge is 2.00 e. The van der Waals surface area contributed by atoms with Crippen molar-refractivity contribution in [3.63, 3.8) is 0 Å². The van der Waals surface area contributed by atoms with Crippen molar-refractivity contribution in [3.8, 4) is 0 Å². The first-order chi connectivity index (χ1) is 6.08. The van der Waals surface area contributed by atoms with Gasteiger partial charge < -0.3 is 28.3 Å². The predicted molar refractivity (Wildman–Crippen MR) is 57.4 cm³/mol. The van der Waals surface area contributed by atoms with E-state index in [-0.39, 0.29) is 35.5 Å². The van der Waals surface area contributed by atoms with E-state index in [1.165, 1.54) is 5.16 Å². The van der Waals surface area contributed by atoms with E-state index < -0.39 is 0 Å². The summed E-state index contributed by atoms with van der Waals surface area (Å²) in [4.78, 5) is 7.07. The number of nitrogens with one attached hydrogen (secondary N) is 1. The molecule has 0 rings (SSSR count). The average molecular weight is 265 g/mol. The number of hydrogen-bond donors (Lipinski definition) is 3. The van der Waals surface area contributed by atoms with Gasteiger partial charge in [0.1, 0.15) is 0 Å². The van der Waals surface area contributed by atoms with Gasteiger partial charge >= 0.3 is 17.1 Å². The number of nitrogens with zero attached hydrogens (tertiary/aromatic N) is 3. The van der Waals surface area contributed by atoms with Crippen LogP contribution < -0.4 is 17.2 Å². The number of guanidine groups is 2. The molecule has 14 heavy (non-hydrogen) atoms. The Morgan fingerprint density at radius 3 is 2.14 bits per heavy atom. The minimum Gasteiger partial charge on any atom is -0.753 e. The number of isothiocyanates is 1. The molecular weight excluding hydrogens is 254 g/mol. The number of aliphatic imine (C=N–C) groups is 2. The third-order valence-electron chi connectivity index (χ3n) is 0.629. The normalized spacial score (nSPS) is 8.50. The summed E-state index contributed by atoms with van der Waals surface area (Å²) in [6.45, 7) is 0.503. The minimum atomic E-state index is -0.119. The van der Waals surface area contributed by atoms with Crippen LogP contribution in [0.1, 0.15) is 0 Å². The van der Waals surface area contributed by atoms with Crippen LogP contribution in [0.2, 0.25) is 0 Å². The number of nitrogens with two attached hydrogens (primary N) is 3.